The number of benzene rings is 1. The first-order chi connectivity index (χ1) is 9.02. The molecule has 2 N–H and O–H groups in total. The van der Waals surface area contributed by atoms with Crippen molar-refractivity contribution in [2.75, 3.05) is 19.6 Å². The van der Waals surface area contributed by atoms with E-state index in [-0.39, 0.29) is 24.1 Å². The summed E-state index contributed by atoms with van der Waals surface area (Å²) in [5, 5.41) is 0. The molecule has 0 saturated carbocycles. The number of piperidine rings is 1. The van der Waals surface area contributed by atoms with Crippen molar-refractivity contribution in [2.24, 2.45) is 11.7 Å². The average Bonchev–Trinajstić information content (AvgIpc) is 2.42. The van der Waals surface area contributed by atoms with E-state index in [1.54, 1.807) is 17.9 Å². The van der Waals surface area contributed by atoms with Gasteiger partial charge in [0.25, 0.3) is 5.91 Å². The van der Waals surface area contributed by atoms with E-state index in [0.29, 0.717) is 41.2 Å². The number of nitrogens with two attached hydrogens (primary N) is 1. The Kier molecular flexibility index (Phi) is 6.43. The van der Waals surface area contributed by atoms with Crippen LogP contribution in [0.4, 0.5) is 4.39 Å². The summed E-state index contributed by atoms with van der Waals surface area (Å²) >= 11 is 3.34. The molecule has 1 aliphatic heterocycles. The molecule has 2 rings (SSSR count). The third-order valence-corrected chi connectivity index (χ3v) is 4.37. The van der Waals surface area contributed by atoms with Gasteiger partial charge in [0.1, 0.15) is 5.82 Å². The molecule has 6 heteroatoms. The highest BCUT2D eigenvalue weighted by molar-refractivity contribution is 9.10. The van der Waals surface area contributed by atoms with Crippen LogP contribution in [0.1, 0.15) is 28.8 Å². The van der Waals surface area contributed by atoms with Gasteiger partial charge in [-0.3, -0.25) is 4.79 Å². The van der Waals surface area contributed by atoms with Gasteiger partial charge in [-0.05, 0) is 65.9 Å². The molecule has 1 heterocycles. The number of nitrogens with zero attached hydrogens (tertiary/aromatic N) is 1. The molecule has 3 nitrogen and oxygen atoms in total. The van der Waals surface area contributed by atoms with Gasteiger partial charge in [0.15, 0.2) is 0 Å². The van der Waals surface area contributed by atoms with Gasteiger partial charge < -0.3 is 10.6 Å². The number of likely N-dealkylation sites (tertiary alicyclic amines) is 1. The molecular formula is C14H19BrClFN2O. The van der Waals surface area contributed by atoms with Crippen molar-refractivity contribution >= 4 is 34.2 Å². The standard InChI is InChI=1S/C14H18BrFN2O.ClH/c1-9-6-12(15)11(7-13(9)16)14(19)18-4-2-10(8-17)3-5-18;/h6-7,10H,2-5,8,17H2,1H3;1H. The van der Waals surface area contributed by atoms with Crippen molar-refractivity contribution in [1.82, 2.24) is 4.90 Å². The number of halogens is 3. The van der Waals surface area contributed by atoms with E-state index in [2.05, 4.69) is 15.9 Å². The Morgan fingerprint density at radius 3 is 2.60 bits per heavy atom. The van der Waals surface area contributed by atoms with Crippen molar-refractivity contribution in [3.63, 3.8) is 0 Å². The van der Waals surface area contributed by atoms with Crippen LogP contribution in [0.5, 0.6) is 0 Å². The fourth-order valence-electron chi connectivity index (χ4n) is 2.35. The Morgan fingerprint density at radius 1 is 1.45 bits per heavy atom. The minimum absolute atomic E-state index is 0. The van der Waals surface area contributed by atoms with Gasteiger partial charge in [-0.1, -0.05) is 0 Å². The summed E-state index contributed by atoms with van der Waals surface area (Å²) in [6, 6.07) is 2.96. The maximum absolute atomic E-state index is 13.6. The van der Waals surface area contributed by atoms with Crippen LogP contribution < -0.4 is 5.73 Å². The van der Waals surface area contributed by atoms with E-state index in [0.717, 1.165) is 12.8 Å². The van der Waals surface area contributed by atoms with Crippen LogP contribution in [-0.4, -0.2) is 30.4 Å². The van der Waals surface area contributed by atoms with E-state index in [4.69, 9.17) is 5.73 Å². The van der Waals surface area contributed by atoms with Crippen LogP contribution in [0.15, 0.2) is 16.6 Å². The molecule has 0 aromatic heterocycles. The zero-order valence-corrected chi connectivity index (χ0v) is 13.8. The molecular weight excluding hydrogens is 347 g/mol. The number of hydrogen-bond donors (Lipinski definition) is 1. The van der Waals surface area contributed by atoms with Crippen molar-refractivity contribution in [3.05, 3.63) is 33.5 Å². The zero-order chi connectivity index (χ0) is 14.0. The first kappa shape index (κ1) is 17.4. The minimum Gasteiger partial charge on any atom is -0.339 e. The van der Waals surface area contributed by atoms with Crippen molar-refractivity contribution in [2.45, 2.75) is 19.8 Å². The fourth-order valence-corrected chi connectivity index (χ4v) is 2.98. The molecule has 1 aliphatic rings. The van der Waals surface area contributed by atoms with Crippen molar-refractivity contribution in [1.29, 1.82) is 0 Å². The first-order valence-electron chi connectivity index (χ1n) is 6.48. The highest BCUT2D eigenvalue weighted by atomic mass is 79.9. The van der Waals surface area contributed by atoms with Crippen molar-refractivity contribution < 1.29 is 9.18 Å². The summed E-state index contributed by atoms with van der Waals surface area (Å²) < 4.78 is 14.2. The molecule has 1 amide bonds. The molecule has 1 fully saturated rings. The first-order valence-corrected chi connectivity index (χ1v) is 7.27. The summed E-state index contributed by atoms with van der Waals surface area (Å²) in [7, 11) is 0. The predicted molar refractivity (Wildman–Crippen MR) is 83.8 cm³/mol. The average molecular weight is 366 g/mol. The third-order valence-electron chi connectivity index (χ3n) is 3.71. The lowest BCUT2D eigenvalue weighted by molar-refractivity contribution is 0.0692. The van der Waals surface area contributed by atoms with Gasteiger partial charge in [0, 0.05) is 17.6 Å². The Labute approximate surface area is 133 Å². The lowest BCUT2D eigenvalue weighted by Gasteiger charge is -2.31. The van der Waals surface area contributed by atoms with Crippen LogP contribution >= 0.6 is 28.3 Å². The summed E-state index contributed by atoms with van der Waals surface area (Å²) in [6.45, 7) is 3.75. The smallest absolute Gasteiger partial charge is 0.255 e. The number of rotatable bonds is 2. The monoisotopic (exact) mass is 364 g/mol. The van der Waals surface area contributed by atoms with E-state index in [1.807, 2.05) is 0 Å². The second kappa shape index (κ2) is 7.38. The van der Waals surface area contributed by atoms with Crippen LogP contribution in [0.3, 0.4) is 0 Å². The highest BCUT2D eigenvalue weighted by Gasteiger charge is 2.24. The SMILES string of the molecule is Cc1cc(Br)c(C(=O)N2CCC(CN)CC2)cc1F.Cl. The third kappa shape index (κ3) is 3.71. The van der Waals surface area contributed by atoms with E-state index >= 15 is 0 Å². The molecule has 1 aromatic carbocycles. The maximum Gasteiger partial charge on any atom is 0.255 e. The van der Waals surface area contributed by atoms with Crippen LogP contribution in [0, 0.1) is 18.7 Å². The summed E-state index contributed by atoms with van der Waals surface area (Å²) in [5.74, 6) is 0.0480. The van der Waals surface area contributed by atoms with E-state index in [9.17, 15) is 9.18 Å². The van der Waals surface area contributed by atoms with Gasteiger partial charge in [0.05, 0.1) is 5.56 Å². The van der Waals surface area contributed by atoms with Gasteiger partial charge in [-0.15, -0.1) is 12.4 Å². The molecule has 0 atom stereocenters. The van der Waals surface area contributed by atoms with Crippen LogP contribution in [0.25, 0.3) is 0 Å². The molecule has 1 saturated heterocycles. The molecule has 0 bridgehead atoms. The summed E-state index contributed by atoms with van der Waals surface area (Å²) in [6.07, 6.45) is 1.85. The van der Waals surface area contributed by atoms with Gasteiger partial charge >= 0.3 is 0 Å². The second-order valence-corrected chi connectivity index (χ2v) is 5.91. The Morgan fingerprint density at radius 2 is 2.05 bits per heavy atom. The number of aryl methyl sites for hydroxylation is 1. The quantitative estimate of drug-likeness (QED) is 0.875. The molecule has 0 aliphatic carbocycles. The normalized spacial score (nSPS) is 15.9. The molecule has 0 radical (unpaired) electrons. The van der Waals surface area contributed by atoms with E-state index < -0.39 is 0 Å². The topological polar surface area (TPSA) is 46.3 Å². The molecule has 20 heavy (non-hydrogen) atoms. The minimum atomic E-state index is -0.344. The Hall–Kier alpha value is -0.650. The molecule has 1 aromatic rings. The Bertz CT molecular complexity index is 490. The second-order valence-electron chi connectivity index (χ2n) is 5.05. The van der Waals surface area contributed by atoms with Gasteiger partial charge in [0.2, 0.25) is 0 Å². The molecule has 0 spiro atoms. The van der Waals surface area contributed by atoms with Crippen LogP contribution in [0.2, 0.25) is 0 Å². The number of amides is 1. The number of hydrogen-bond acceptors (Lipinski definition) is 2. The largest absolute Gasteiger partial charge is 0.339 e. The summed E-state index contributed by atoms with van der Waals surface area (Å²) in [4.78, 5) is 14.2. The highest BCUT2D eigenvalue weighted by Crippen LogP contribution is 2.24. The fraction of sp³-hybridized carbons (Fsp3) is 0.500. The predicted octanol–water partition coefficient (Wildman–Crippen LogP) is 3.13. The van der Waals surface area contributed by atoms with Gasteiger partial charge in [-0.2, -0.15) is 0 Å². The van der Waals surface area contributed by atoms with Crippen LogP contribution in [-0.2, 0) is 0 Å². The molecule has 112 valence electrons. The number of carbonyl (C=O) groups is 1. The van der Waals surface area contributed by atoms with E-state index in [1.165, 1.54) is 6.07 Å². The lowest BCUT2D eigenvalue weighted by atomic mass is 9.96. The summed E-state index contributed by atoms with van der Waals surface area (Å²) in [5.41, 5.74) is 6.57. The van der Waals surface area contributed by atoms with Crippen molar-refractivity contribution in [3.8, 4) is 0 Å². The maximum atomic E-state index is 13.6. The van der Waals surface area contributed by atoms with Gasteiger partial charge in [-0.25, -0.2) is 4.39 Å². The Balaban J connectivity index is 0.00000200. The zero-order valence-electron chi connectivity index (χ0n) is 11.4. The molecule has 0 unspecified atom stereocenters. The number of carbonyl (C=O) groups excluding carboxylic acids is 1. The lowest BCUT2D eigenvalue weighted by Crippen LogP contribution is -2.40.